The first-order valence-corrected chi connectivity index (χ1v) is 8.27. The number of hydrogen-bond acceptors (Lipinski definition) is 3. The van der Waals surface area contributed by atoms with Crippen molar-refractivity contribution in [2.45, 2.75) is 51.0 Å². The predicted molar refractivity (Wildman–Crippen MR) is 79.4 cm³/mol. The van der Waals surface area contributed by atoms with Gasteiger partial charge in [0.1, 0.15) is 0 Å². The molecule has 1 aromatic carbocycles. The maximum atomic E-state index is 12.6. The van der Waals surface area contributed by atoms with Crippen LogP contribution >= 0.6 is 0 Å². The van der Waals surface area contributed by atoms with E-state index in [4.69, 9.17) is 0 Å². The monoisotopic (exact) mass is 297 g/mol. The minimum atomic E-state index is -3.50. The molecular formula is C15H23NO3S. The van der Waals surface area contributed by atoms with E-state index in [1.807, 2.05) is 13.8 Å². The highest BCUT2D eigenvalue weighted by Crippen LogP contribution is 2.31. The average Bonchev–Trinajstić information content (AvgIpc) is 2.26. The standard InChI is InChI=1S/C15H23NO3S/c1-10-6-12(15(3,4)5)7-14(11(10)2)20(18,19)16-8-13(17)9-16/h6-7,13,17H,8-9H2,1-5H3. The van der Waals surface area contributed by atoms with Crippen LogP contribution in [0.1, 0.15) is 37.5 Å². The molecule has 112 valence electrons. The quantitative estimate of drug-likeness (QED) is 0.908. The Labute approximate surface area is 121 Å². The zero-order valence-electron chi connectivity index (χ0n) is 12.8. The highest BCUT2D eigenvalue weighted by atomic mass is 32.2. The lowest BCUT2D eigenvalue weighted by atomic mass is 9.85. The highest BCUT2D eigenvalue weighted by Gasteiger charge is 2.37. The summed E-state index contributed by atoms with van der Waals surface area (Å²) in [6.45, 7) is 10.4. The van der Waals surface area contributed by atoms with Gasteiger partial charge in [-0.05, 0) is 42.0 Å². The number of nitrogens with zero attached hydrogens (tertiary/aromatic N) is 1. The molecule has 1 heterocycles. The number of β-amino-alcohol motifs (C(OH)–C–C–N with tert-alkyl or cyclic N) is 1. The van der Waals surface area contributed by atoms with Crippen molar-refractivity contribution < 1.29 is 13.5 Å². The molecule has 1 aromatic rings. The third-order valence-electron chi connectivity index (χ3n) is 3.93. The molecule has 0 unspecified atom stereocenters. The van der Waals surface area contributed by atoms with Gasteiger partial charge < -0.3 is 5.11 Å². The molecule has 0 aromatic heterocycles. The number of sulfonamides is 1. The van der Waals surface area contributed by atoms with Gasteiger partial charge in [0.15, 0.2) is 0 Å². The first kappa shape index (κ1) is 15.5. The highest BCUT2D eigenvalue weighted by molar-refractivity contribution is 7.89. The van der Waals surface area contributed by atoms with Crippen molar-refractivity contribution in [2.24, 2.45) is 0 Å². The Bertz CT molecular complexity index is 623. The summed E-state index contributed by atoms with van der Waals surface area (Å²) in [5.41, 5.74) is 2.69. The zero-order valence-corrected chi connectivity index (χ0v) is 13.6. The molecule has 1 saturated heterocycles. The SMILES string of the molecule is Cc1cc(C(C)(C)C)cc(S(=O)(=O)N2CC(O)C2)c1C. The van der Waals surface area contributed by atoms with E-state index in [9.17, 15) is 13.5 Å². The molecule has 0 atom stereocenters. The number of aliphatic hydroxyl groups excluding tert-OH is 1. The first-order valence-electron chi connectivity index (χ1n) is 6.83. The number of hydrogen-bond donors (Lipinski definition) is 1. The van der Waals surface area contributed by atoms with Crippen molar-refractivity contribution >= 4 is 10.0 Å². The zero-order chi connectivity index (χ0) is 15.3. The van der Waals surface area contributed by atoms with Crippen LogP contribution in [-0.4, -0.2) is 37.0 Å². The van der Waals surface area contributed by atoms with Gasteiger partial charge >= 0.3 is 0 Å². The Hall–Kier alpha value is -0.910. The van der Waals surface area contributed by atoms with Gasteiger partial charge in [-0.1, -0.05) is 26.8 Å². The minimum absolute atomic E-state index is 0.100. The maximum Gasteiger partial charge on any atom is 0.243 e. The fourth-order valence-corrected chi connectivity index (χ4v) is 4.12. The predicted octanol–water partition coefficient (Wildman–Crippen LogP) is 1.97. The van der Waals surface area contributed by atoms with Crippen LogP contribution in [0.4, 0.5) is 0 Å². The van der Waals surface area contributed by atoms with E-state index in [-0.39, 0.29) is 18.5 Å². The van der Waals surface area contributed by atoms with Gasteiger partial charge in [-0.2, -0.15) is 4.31 Å². The molecule has 1 aliphatic rings. The molecule has 2 rings (SSSR count). The summed E-state index contributed by atoms with van der Waals surface area (Å²) in [5, 5.41) is 9.33. The third-order valence-corrected chi connectivity index (χ3v) is 5.89. The molecule has 1 N–H and O–H groups in total. The molecule has 0 bridgehead atoms. The second-order valence-corrected chi connectivity index (χ2v) is 8.55. The molecule has 0 amide bonds. The van der Waals surface area contributed by atoms with Crippen LogP contribution in [0.3, 0.4) is 0 Å². The summed E-state index contributed by atoms with van der Waals surface area (Å²) in [6, 6.07) is 3.83. The Kier molecular flexibility index (Phi) is 3.73. The molecule has 1 aliphatic heterocycles. The van der Waals surface area contributed by atoms with Crippen LogP contribution in [0.2, 0.25) is 0 Å². The molecule has 20 heavy (non-hydrogen) atoms. The lowest BCUT2D eigenvalue weighted by Crippen LogP contribution is -2.53. The van der Waals surface area contributed by atoms with Crippen molar-refractivity contribution in [2.75, 3.05) is 13.1 Å². The number of aryl methyl sites for hydroxylation is 1. The van der Waals surface area contributed by atoms with E-state index in [0.717, 1.165) is 16.7 Å². The van der Waals surface area contributed by atoms with Gasteiger partial charge in [0, 0.05) is 13.1 Å². The minimum Gasteiger partial charge on any atom is -0.390 e. The number of rotatable bonds is 2. The van der Waals surface area contributed by atoms with E-state index >= 15 is 0 Å². The summed E-state index contributed by atoms with van der Waals surface area (Å²) < 4.78 is 26.6. The van der Waals surface area contributed by atoms with Crippen LogP contribution in [0.5, 0.6) is 0 Å². The Morgan fingerprint density at radius 2 is 1.75 bits per heavy atom. The largest absolute Gasteiger partial charge is 0.390 e. The molecule has 0 saturated carbocycles. The van der Waals surface area contributed by atoms with E-state index in [2.05, 4.69) is 26.8 Å². The molecule has 1 fully saturated rings. The Morgan fingerprint density at radius 3 is 2.20 bits per heavy atom. The van der Waals surface area contributed by atoms with Gasteiger partial charge in [-0.25, -0.2) is 8.42 Å². The van der Waals surface area contributed by atoms with Gasteiger partial charge in [0.05, 0.1) is 11.0 Å². The summed E-state index contributed by atoms with van der Waals surface area (Å²) >= 11 is 0. The van der Waals surface area contributed by atoms with E-state index in [1.165, 1.54) is 4.31 Å². The second-order valence-electron chi connectivity index (χ2n) is 6.64. The fourth-order valence-electron chi connectivity index (χ4n) is 2.28. The summed E-state index contributed by atoms with van der Waals surface area (Å²) in [4.78, 5) is 0.370. The van der Waals surface area contributed by atoms with Crippen molar-refractivity contribution in [3.05, 3.63) is 28.8 Å². The van der Waals surface area contributed by atoms with Crippen molar-refractivity contribution in [3.63, 3.8) is 0 Å². The number of benzene rings is 1. The smallest absolute Gasteiger partial charge is 0.243 e. The Balaban J connectivity index is 2.54. The molecular weight excluding hydrogens is 274 g/mol. The molecule has 4 nitrogen and oxygen atoms in total. The average molecular weight is 297 g/mol. The van der Waals surface area contributed by atoms with Crippen LogP contribution in [-0.2, 0) is 15.4 Å². The van der Waals surface area contributed by atoms with Crippen molar-refractivity contribution in [1.82, 2.24) is 4.31 Å². The van der Waals surface area contributed by atoms with Crippen LogP contribution in [0, 0.1) is 13.8 Å². The summed E-state index contributed by atoms with van der Waals surface area (Å²) in [7, 11) is -3.50. The molecule has 0 aliphatic carbocycles. The van der Waals surface area contributed by atoms with E-state index in [0.29, 0.717) is 4.90 Å². The van der Waals surface area contributed by atoms with Crippen molar-refractivity contribution in [3.8, 4) is 0 Å². The van der Waals surface area contributed by atoms with Gasteiger partial charge in [-0.3, -0.25) is 0 Å². The summed E-state index contributed by atoms with van der Waals surface area (Å²) in [5.74, 6) is 0. The van der Waals surface area contributed by atoms with E-state index in [1.54, 1.807) is 6.07 Å². The van der Waals surface area contributed by atoms with Gasteiger partial charge in [0.2, 0.25) is 10.0 Å². The van der Waals surface area contributed by atoms with Crippen molar-refractivity contribution in [1.29, 1.82) is 0 Å². The Morgan fingerprint density at radius 1 is 1.20 bits per heavy atom. The lowest BCUT2D eigenvalue weighted by molar-refractivity contribution is 0.0547. The van der Waals surface area contributed by atoms with Crippen LogP contribution in [0.25, 0.3) is 0 Å². The lowest BCUT2D eigenvalue weighted by Gasteiger charge is -2.35. The normalized spacial score (nSPS) is 18.1. The first-order chi connectivity index (χ1) is 9.03. The maximum absolute atomic E-state index is 12.6. The molecule has 0 spiro atoms. The third kappa shape index (κ3) is 2.62. The topological polar surface area (TPSA) is 57.6 Å². The number of aliphatic hydroxyl groups is 1. The van der Waals surface area contributed by atoms with Gasteiger partial charge in [0.25, 0.3) is 0 Å². The van der Waals surface area contributed by atoms with Crippen LogP contribution < -0.4 is 0 Å². The second kappa shape index (κ2) is 4.83. The fraction of sp³-hybridized carbons (Fsp3) is 0.600. The summed E-state index contributed by atoms with van der Waals surface area (Å²) in [6.07, 6.45) is -0.531. The van der Waals surface area contributed by atoms with Gasteiger partial charge in [-0.15, -0.1) is 0 Å². The van der Waals surface area contributed by atoms with Crippen LogP contribution in [0.15, 0.2) is 17.0 Å². The molecule has 5 heteroatoms. The van der Waals surface area contributed by atoms with E-state index < -0.39 is 16.1 Å². The molecule has 0 radical (unpaired) electrons.